The normalized spacial score (nSPS) is 10.4. The fourth-order valence-corrected chi connectivity index (χ4v) is 2.01. The van der Waals surface area contributed by atoms with E-state index in [4.69, 9.17) is 4.74 Å². The van der Waals surface area contributed by atoms with Crippen molar-refractivity contribution in [2.45, 2.75) is 13.0 Å². The van der Waals surface area contributed by atoms with E-state index < -0.39 is 0 Å². The van der Waals surface area contributed by atoms with Gasteiger partial charge in [0.05, 0.1) is 7.11 Å². The second-order valence-electron chi connectivity index (χ2n) is 4.60. The number of phenols is 2. The summed E-state index contributed by atoms with van der Waals surface area (Å²) in [5.41, 5.74) is 2.15. The molecule has 0 fully saturated rings. The molecule has 0 amide bonds. The van der Waals surface area contributed by atoms with Crippen LogP contribution in [0, 0.1) is 0 Å². The Morgan fingerprint density at radius 3 is 2.65 bits per heavy atom. The Morgan fingerprint density at radius 2 is 1.90 bits per heavy atom. The van der Waals surface area contributed by atoms with Crippen molar-refractivity contribution in [1.82, 2.24) is 5.32 Å². The predicted octanol–water partition coefficient (Wildman–Crippen LogP) is 2.44. The first-order valence-electron chi connectivity index (χ1n) is 6.53. The summed E-state index contributed by atoms with van der Waals surface area (Å²) in [6.45, 7) is 1.52. The smallest absolute Gasteiger partial charge is 0.160 e. The summed E-state index contributed by atoms with van der Waals surface area (Å²) in [6.07, 6.45) is 0.843. The van der Waals surface area contributed by atoms with Gasteiger partial charge in [0.1, 0.15) is 5.75 Å². The molecule has 0 saturated heterocycles. The summed E-state index contributed by atoms with van der Waals surface area (Å²) in [7, 11) is 1.54. The molecular weight excluding hydrogens is 254 g/mol. The van der Waals surface area contributed by atoms with Crippen molar-refractivity contribution in [2.75, 3.05) is 13.7 Å². The monoisotopic (exact) mass is 273 g/mol. The molecule has 20 heavy (non-hydrogen) atoms. The van der Waals surface area contributed by atoms with Crippen molar-refractivity contribution in [1.29, 1.82) is 0 Å². The zero-order valence-electron chi connectivity index (χ0n) is 11.5. The minimum Gasteiger partial charge on any atom is -0.508 e. The highest BCUT2D eigenvalue weighted by molar-refractivity contribution is 5.41. The molecule has 0 unspecified atom stereocenters. The summed E-state index contributed by atoms with van der Waals surface area (Å²) in [5, 5.41) is 22.2. The molecule has 0 saturated carbocycles. The van der Waals surface area contributed by atoms with Gasteiger partial charge < -0.3 is 20.3 Å². The van der Waals surface area contributed by atoms with E-state index in [1.807, 2.05) is 24.3 Å². The first kappa shape index (κ1) is 14.2. The molecule has 0 aliphatic carbocycles. The first-order valence-corrected chi connectivity index (χ1v) is 6.53. The summed E-state index contributed by atoms with van der Waals surface area (Å²) in [5.74, 6) is 0.937. The maximum absolute atomic E-state index is 9.52. The zero-order valence-corrected chi connectivity index (χ0v) is 11.5. The topological polar surface area (TPSA) is 61.7 Å². The standard InChI is InChI=1S/C16H19NO3/c1-20-16-10-12(5-6-15(16)19)7-8-17-11-13-3-2-4-14(18)9-13/h2-6,9-10,17-19H,7-8,11H2,1H3. The molecule has 2 aromatic rings. The van der Waals surface area contributed by atoms with Crippen LogP contribution in [0.5, 0.6) is 17.2 Å². The number of nitrogens with one attached hydrogen (secondary N) is 1. The SMILES string of the molecule is COc1cc(CCNCc2cccc(O)c2)ccc1O. The van der Waals surface area contributed by atoms with E-state index in [2.05, 4.69) is 5.32 Å². The average Bonchev–Trinajstić information content (AvgIpc) is 2.45. The van der Waals surface area contributed by atoms with E-state index in [0.717, 1.165) is 24.1 Å². The molecule has 4 heteroatoms. The van der Waals surface area contributed by atoms with Gasteiger partial charge in [-0.05, 0) is 48.4 Å². The van der Waals surface area contributed by atoms with Crippen LogP contribution < -0.4 is 10.1 Å². The second kappa shape index (κ2) is 6.82. The highest BCUT2D eigenvalue weighted by Gasteiger charge is 2.02. The van der Waals surface area contributed by atoms with E-state index in [0.29, 0.717) is 12.3 Å². The maximum atomic E-state index is 9.52. The van der Waals surface area contributed by atoms with Gasteiger partial charge in [0.15, 0.2) is 11.5 Å². The Labute approximate surface area is 118 Å². The fourth-order valence-electron chi connectivity index (χ4n) is 2.01. The van der Waals surface area contributed by atoms with E-state index in [9.17, 15) is 10.2 Å². The number of methoxy groups -OCH3 is 1. The van der Waals surface area contributed by atoms with Crippen molar-refractivity contribution in [3.63, 3.8) is 0 Å². The van der Waals surface area contributed by atoms with Crippen molar-refractivity contribution >= 4 is 0 Å². The number of rotatable bonds is 6. The van der Waals surface area contributed by atoms with Crippen molar-refractivity contribution in [3.05, 3.63) is 53.6 Å². The molecule has 3 N–H and O–H groups in total. The Kier molecular flexibility index (Phi) is 4.85. The predicted molar refractivity (Wildman–Crippen MR) is 78.2 cm³/mol. The molecule has 2 aromatic carbocycles. The summed E-state index contributed by atoms with van der Waals surface area (Å²) in [4.78, 5) is 0. The molecule has 0 atom stereocenters. The molecule has 0 aromatic heterocycles. The van der Waals surface area contributed by atoms with Gasteiger partial charge in [-0.15, -0.1) is 0 Å². The maximum Gasteiger partial charge on any atom is 0.160 e. The van der Waals surface area contributed by atoms with Gasteiger partial charge in [0.2, 0.25) is 0 Å². The Morgan fingerprint density at radius 1 is 1.05 bits per heavy atom. The van der Waals surface area contributed by atoms with Crippen LogP contribution in [-0.2, 0) is 13.0 Å². The summed E-state index contributed by atoms with van der Waals surface area (Å²) < 4.78 is 5.08. The Bertz CT molecular complexity index is 569. The molecule has 0 radical (unpaired) electrons. The number of hydrogen-bond acceptors (Lipinski definition) is 4. The quantitative estimate of drug-likeness (QED) is 0.707. The summed E-state index contributed by atoms with van der Waals surface area (Å²) in [6, 6.07) is 12.6. The highest BCUT2D eigenvalue weighted by Crippen LogP contribution is 2.26. The van der Waals surface area contributed by atoms with Gasteiger partial charge in [-0.1, -0.05) is 18.2 Å². The van der Waals surface area contributed by atoms with E-state index in [1.165, 1.54) is 0 Å². The van der Waals surface area contributed by atoms with Gasteiger partial charge in [-0.25, -0.2) is 0 Å². The third-order valence-electron chi connectivity index (χ3n) is 3.07. The van der Waals surface area contributed by atoms with Crippen LogP contribution in [-0.4, -0.2) is 23.9 Å². The van der Waals surface area contributed by atoms with Gasteiger partial charge in [-0.3, -0.25) is 0 Å². The van der Waals surface area contributed by atoms with Crippen LogP contribution in [0.2, 0.25) is 0 Å². The van der Waals surface area contributed by atoms with E-state index >= 15 is 0 Å². The molecule has 0 heterocycles. The largest absolute Gasteiger partial charge is 0.508 e. The van der Waals surface area contributed by atoms with Crippen LogP contribution in [0.3, 0.4) is 0 Å². The summed E-state index contributed by atoms with van der Waals surface area (Å²) >= 11 is 0. The molecule has 0 spiro atoms. The minimum absolute atomic E-state index is 0.156. The lowest BCUT2D eigenvalue weighted by Gasteiger charge is -2.08. The molecule has 2 rings (SSSR count). The molecule has 0 aliphatic rings. The van der Waals surface area contributed by atoms with Crippen molar-refractivity contribution in [3.8, 4) is 17.2 Å². The Hall–Kier alpha value is -2.20. The molecule has 0 bridgehead atoms. The zero-order chi connectivity index (χ0) is 14.4. The molecule has 106 valence electrons. The number of benzene rings is 2. The van der Waals surface area contributed by atoms with Crippen LogP contribution in [0.15, 0.2) is 42.5 Å². The second-order valence-corrected chi connectivity index (χ2v) is 4.60. The number of hydrogen-bond donors (Lipinski definition) is 3. The molecule has 0 aliphatic heterocycles. The average molecular weight is 273 g/mol. The van der Waals surface area contributed by atoms with Gasteiger partial charge in [0.25, 0.3) is 0 Å². The van der Waals surface area contributed by atoms with Crippen LogP contribution >= 0.6 is 0 Å². The van der Waals surface area contributed by atoms with Crippen LogP contribution in [0.4, 0.5) is 0 Å². The highest BCUT2D eigenvalue weighted by atomic mass is 16.5. The third-order valence-corrected chi connectivity index (χ3v) is 3.07. The third kappa shape index (κ3) is 3.90. The van der Waals surface area contributed by atoms with Gasteiger partial charge in [-0.2, -0.15) is 0 Å². The van der Waals surface area contributed by atoms with Gasteiger partial charge >= 0.3 is 0 Å². The van der Waals surface area contributed by atoms with Crippen molar-refractivity contribution < 1.29 is 14.9 Å². The van der Waals surface area contributed by atoms with E-state index in [1.54, 1.807) is 25.3 Å². The van der Waals surface area contributed by atoms with Crippen LogP contribution in [0.1, 0.15) is 11.1 Å². The fraction of sp³-hybridized carbons (Fsp3) is 0.250. The van der Waals surface area contributed by atoms with Gasteiger partial charge in [0, 0.05) is 6.54 Å². The Balaban J connectivity index is 1.81. The molecule has 4 nitrogen and oxygen atoms in total. The lowest BCUT2D eigenvalue weighted by Crippen LogP contribution is -2.16. The van der Waals surface area contributed by atoms with E-state index in [-0.39, 0.29) is 11.5 Å². The molecular formula is C16H19NO3. The number of aromatic hydroxyl groups is 2. The lowest BCUT2D eigenvalue weighted by molar-refractivity contribution is 0.373. The number of ether oxygens (including phenoxy) is 1. The minimum atomic E-state index is 0.156. The van der Waals surface area contributed by atoms with Crippen molar-refractivity contribution in [2.24, 2.45) is 0 Å². The number of phenolic OH excluding ortho intramolecular Hbond substituents is 2. The lowest BCUT2D eigenvalue weighted by atomic mass is 10.1. The first-order chi connectivity index (χ1) is 9.69. The van der Waals surface area contributed by atoms with Crippen LogP contribution in [0.25, 0.3) is 0 Å².